The summed E-state index contributed by atoms with van der Waals surface area (Å²) in [6, 6.07) is 19.5. The van der Waals surface area contributed by atoms with Crippen molar-refractivity contribution in [1.82, 2.24) is 0 Å². The van der Waals surface area contributed by atoms with E-state index in [4.69, 9.17) is 4.74 Å². The monoisotopic (exact) mass is 349 g/mol. The minimum atomic E-state index is -0.767. The van der Waals surface area contributed by atoms with E-state index in [-0.39, 0.29) is 24.0 Å². The quantitative estimate of drug-likeness (QED) is 0.708. The standard InChI is InChI=1S/C21H16FNO3/c22-19-10-9-13(24)11-20(19)23-21(25)26-12-18-16-7-3-1-5-14(16)15-6-2-4-8-17(15)18/h1-11,18,24H,12H2,(H,23,25). The van der Waals surface area contributed by atoms with Gasteiger partial charge < -0.3 is 9.84 Å². The van der Waals surface area contributed by atoms with Gasteiger partial charge in [0.2, 0.25) is 0 Å². The van der Waals surface area contributed by atoms with Gasteiger partial charge in [0, 0.05) is 12.0 Å². The highest BCUT2D eigenvalue weighted by molar-refractivity contribution is 5.85. The SMILES string of the molecule is O=C(Nc1cc(O)ccc1F)OCC1c2ccccc2-c2ccccc21. The topological polar surface area (TPSA) is 58.6 Å². The number of carbonyl (C=O) groups excluding carboxylic acids is 1. The number of fused-ring (bicyclic) bond motifs is 3. The van der Waals surface area contributed by atoms with Crippen molar-refractivity contribution < 1.29 is 19.0 Å². The van der Waals surface area contributed by atoms with E-state index in [1.54, 1.807) is 0 Å². The number of hydrogen-bond acceptors (Lipinski definition) is 3. The van der Waals surface area contributed by atoms with Gasteiger partial charge in [0.25, 0.3) is 0 Å². The number of amides is 1. The second kappa shape index (κ2) is 6.52. The van der Waals surface area contributed by atoms with Gasteiger partial charge in [0.15, 0.2) is 0 Å². The number of ether oxygens (including phenoxy) is 1. The zero-order chi connectivity index (χ0) is 18.1. The molecule has 0 heterocycles. The van der Waals surface area contributed by atoms with Crippen LogP contribution in [-0.2, 0) is 4.74 Å². The molecule has 0 atom stereocenters. The number of rotatable bonds is 3. The molecule has 0 fully saturated rings. The van der Waals surface area contributed by atoms with Gasteiger partial charge in [-0.05, 0) is 34.4 Å². The van der Waals surface area contributed by atoms with Crippen molar-refractivity contribution in [3.8, 4) is 16.9 Å². The van der Waals surface area contributed by atoms with Crippen LogP contribution >= 0.6 is 0 Å². The smallest absolute Gasteiger partial charge is 0.411 e. The second-order valence-electron chi connectivity index (χ2n) is 6.11. The average Bonchev–Trinajstić information content (AvgIpc) is 2.97. The Hall–Kier alpha value is -3.34. The summed E-state index contributed by atoms with van der Waals surface area (Å²) in [4.78, 5) is 12.1. The molecular weight excluding hydrogens is 333 g/mol. The Morgan fingerprint density at radius 3 is 2.27 bits per heavy atom. The van der Waals surface area contributed by atoms with E-state index in [1.807, 2.05) is 36.4 Å². The van der Waals surface area contributed by atoms with Gasteiger partial charge in [-0.3, -0.25) is 5.32 Å². The van der Waals surface area contributed by atoms with Gasteiger partial charge in [-0.1, -0.05) is 48.5 Å². The van der Waals surface area contributed by atoms with E-state index < -0.39 is 11.9 Å². The predicted molar refractivity (Wildman–Crippen MR) is 96.8 cm³/mol. The second-order valence-corrected chi connectivity index (χ2v) is 6.11. The Labute approximate surface area is 149 Å². The Kier molecular flexibility index (Phi) is 4.05. The molecule has 4 rings (SSSR count). The summed E-state index contributed by atoms with van der Waals surface area (Å²) in [5.41, 5.74) is 4.35. The molecule has 0 aromatic heterocycles. The van der Waals surface area contributed by atoms with E-state index in [1.165, 1.54) is 6.07 Å². The van der Waals surface area contributed by atoms with Gasteiger partial charge in [-0.25, -0.2) is 9.18 Å². The molecule has 0 unspecified atom stereocenters. The maximum Gasteiger partial charge on any atom is 0.411 e. The zero-order valence-electron chi connectivity index (χ0n) is 13.8. The van der Waals surface area contributed by atoms with Crippen LogP contribution in [0, 0.1) is 5.82 Å². The molecule has 2 N–H and O–H groups in total. The lowest BCUT2D eigenvalue weighted by Crippen LogP contribution is -2.18. The van der Waals surface area contributed by atoms with E-state index in [2.05, 4.69) is 17.4 Å². The molecule has 26 heavy (non-hydrogen) atoms. The van der Waals surface area contributed by atoms with Crippen LogP contribution in [0.2, 0.25) is 0 Å². The molecule has 3 aromatic rings. The normalized spacial score (nSPS) is 12.3. The van der Waals surface area contributed by atoms with Crippen molar-refractivity contribution in [2.24, 2.45) is 0 Å². The maximum absolute atomic E-state index is 13.7. The highest BCUT2D eigenvalue weighted by atomic mass is 19.1. The Morgan fingerprint density at radius 1 is 1.00 bits per heavy atom. The van der Waals surface area contributed by atoms with Gasteiger partial charge in [0.05, 0.1) is 5.69 Å². The van der Waals surface area contributed by atoms with Crippen molar-refractivity contribution in [2.75, 3.05) is 11.9 Å². The number of carbonyl (C=O) groups is 1. The largest absolute Gasteiger partial charge is 0.508 e. The van der Waals surface area contributed by atoms with Gasteiger partial charge in [0.1, 0.15) is 18.2 Å². The molecule has 3 aromatic carbocycles. The Balaban J connectivity index is 1.51. The number of halogens is 1. The fourth-order valence-electron chi connectivity index (χ4n) is 3.35. The van der Waals surface area contributed by atoms with E-state index in [0.29, 0.717) is 0 Å². The summed E-state index contributed by atoms with van der Waals surface area (Å²) >= 11 is 0. The summed E-state index contributed by atoms with van der Waals surface area (Å²) in [6.45, 7) is 0.139. The van der Waals surface area contributed by atoms with Crippen LogP contribution in [-0.4, -0.2) is 17.8 Å². The lowest BCUT2D eigenvalue weighted by molar-refractivity contribution is 0.158. The van der Waals surface area contributed by atoms with Gasteiger partial charge in [-0.15, -0.1) is 0 Å². The average molecular weight is 349 g/mol. The maximum atomic E-state index is 13.7. The first kappa shape index (κ1) is 16.1. The van der Waals surface area contributed by atoms with Crippen molar-refractivity contribution in [1.29, 1.82) is 0 Å². The summed E-state index contributed by atoms with van der Waals surface area (Å²) in [5, 5.41) is 11.7. The Morgan fingerprint density at radius 2 is 1.62 bits per heavy atom. The van der Waals surface area contributed by atoms with E-state index in [9.17, 15) is 14.3 Å². The first-order valence-corrected chi connectivity index (χ1v) is 8.24. The molecule has 5 heteroatoms. The van der Waals surface area contributed by atoms with Crippen LogP contribution in [0.3, 0.4) is 0 Å². The molecule has 0 saturated carbocycles. The lowest BCUT2D eigenvalue weighted by Gasteiger charge is -2.14. The fourth-order valence-corrected chi connectivity index (χ4v) is 3.35. The number of phenols is 1. The molecule has 0 spiro atoms. The van der Waals surface area contributed by atoms with Crippen molar-refractivity contribution in [3.05, 3.63) is 83.7 Å². The number of hydrogen-bond donors (Lipinski definition) is 2. The summed E-state index contributed by atoms with van der Waals surface area (Å²) in [5.74, 6) is -0.848. The highest BCUT2D eigenvalue weighted by Gasteiger charge is 2.29. The molecule has 1 amide bonds. The number of phenolic OH excluding ortho intramolecular Hbond substituents is 1. The molecular formula is C21H16FNO3. The van der Waals surface area contributed by atoms with E-state index >= 15 is 0 Å². The number of benzene rings is 3. The molecule has 0 bridgehead atoms. The number of nitrogens with one attached hydrogen (secondary N) is 1. The van der Waals surface area contributed by atoms with Crippen LogP contribution in [0.4, 0.5) is 14.9 Å². The van der Waals surface area contributed by atoms with Crippen molar-refractivity contribution in [3.63, 3.8) is 0 Å². The fraction of sp³-hybridized carbons (Fsp3) is 0.0952. The van der Waals surface area contributed by atoms with Crippen LogP contribution in [0.15, 0.2) is 66.7 Å². The van der Waals surface area contributed by atoms with E-state index in [0.717, 1.165) is 34.4 Å². The summed E-state index contributed by atoms with van der Waals surface area (Å²) in [6.07, 6.45) is -0.767. The van der Waals surface area contributed by atoms with Crippen LogP contribution in [0.25, 0.3) is 11.1 Å². The predicted octanol–water partition coefficient (Wildman–Crippen LogP) is 4.89. The minimum absolute atomic E-state index is 0.0674. The van der Waals surface area contributed by atoms with Crippen molar-refractivity contribution >= 4 is 11.8 Å². The minimum Gasteiger partial charge on any atom is -0.508 e. The highest BCUT2D eigenvalue weighted by Crippen LogP contribution is 2.44. The molecule has 1 aliphatic rings. The third-order valence-electron chi connectivity index (χ3n) is 4.53. The van der Waals surface area contributed by atoms with Crippen molar-refractivity contribution in [2.45, 2.75) is 5.92 Å². The van der Waals surface area contributed by atoms with Gasteiger partial charge >= 0.3 is 6.09 Å². The zero-order valence-corrected chi connectivity index (χ0v) is 13.8. The molecule has 4 nitrogen and oxygen atoms in total. The molecule has 0 saturated heterocycles. The summed E-state index contributed by atoms with van der Waals surface area (Å²) < 4.78 is 19.0. The summed E-state index contributed by atoms with van der Waals surface area (Å²) in [7, 11) is 0. The molecule has 0 radical (unpaired) electrons. The molecule has 130 valence electrons. The van der Waals surface area contributed by atoms with Crippen LogP contribution < -0.4 is 5.32 Å². The lowest BCUT2D eigenvalue weighted by atomic mass is 9.98. The third-order valence-corrected chi connectivity index (χ3v) is 4.53. The first-order valence-electron chi connectivity index (χ1n) is 8.24. The van der Waals surface area contributed by atoms with Gasteiger partial charge in [-0.2, -0.15) is 0 Å². The third kappa shape index (κ3) is 2.88. The molecule has 0 aliphatic heterocycles. The molecule has 1 aliphatic carbocycles. The van der Waals surface area contributed by atoms with Crippen LogP contribution in [0.1, 0.15) is 17.0 Å². The van der Waals surface area contributed by atoms with Crippen LogP contribution in [0.5, 0.6) is 5.75 Å². The number of aromatic hydroxyl groups is 1. The first-order chi connectivity index (χ1) is 12.6. The Bertz CT molecular complexity index is 941. The number of anilines is 1.